The number of rotatable bonds is 2. The molecule has 0 N–H and O–H groups in total. The maximum absolute atomic E-state index is 12.3. The standard InChI is InChI=1S/C8H2BrClF3NO2S2/c9-5-1-2-6(18(10,15)16)4(3-14)7(5)17-8(11,12)13/h1-2H. The maximum atomic E-state index is 12.3. The second kappa shape index (κ2) is 5.28. The van der Waals surface area contributed by atoms with Gasteiger partial charge in [0.15, 0.2) is 0 Å². The van der Waals surface area contributed by atoms with Crippen molar-refractivity contribution < 1.29 is 21.6 Å². The topological polar surface area (TPSA) is 57.9 Å². The zero-order chi connectivity index (χ0) is 14.1. The van der Waals surface area contributed by atoms with E-state index in [0.717, 1.165) is 12.1 Å². The highest BCUT2D eigenvalue weighted by atomic mass is 79.9. The molecule has 0 spiro atoms. The molecule has 0 bridgehead atoms. The van der Waals surface area contributed by atoms with E-state index in [9.17, 15) is 21.6 Å². The van der Waals surface area contributed by atoms with E-state index in [-0.39, 0.29) is 4.47 Å². The van der Waals surface area contributed by atoms with Gasteiger partial charge in [-0.25, -0.2) is 8.42 Å². The second-order valence-electron chi connectivity index (χ2n) is 2.85. The summed E-state index contributed by atoms with van der Waals surface area (Å²) in [6.07, 6.45) is 0. The predicted molar refractivity (Wildman–Crippen MR) is 63.8 cm³/mol. The van der Waals surface area contributed by atoms with E-state index in [4.69, 9.17) is 15.9 Å². The van der Waals surface area contributed by atoms with Gasteiger partial charge in [0.05, 0.1) is 5.56 Å². The van der Waals surface area contributed by atoms with Gasteiger partial charge in [0.2, 0.25) is 0 Å². The summed E-state index contributed by atoms with van der Waals surface area (Å²) in [5.41, 5.74) is -5.29. The van der Waals surface area contributed by atoms with Crippen molar-refractivity contribution in [1.29, 1.82) is 5.26 Å². The molecule has 0 aliphatic heterocycles. The van der Waals surface area contributed by atoms with Crippen LogP contribution in [0.2, 0.25) is 0 Å². The summed E-state index contributed by atoms with van der Waals surface area (Å²) < 4.78 is 59.2. The Kier molecular flexibility index (Phi) is 4.59. The van der Waals surface area contributed by atoms with Crippen LogP contribution in [0.4, 0.5) is 13.2 Å². The highest BCUT2D eigenvalue weighted by Crippen LogP contribution is 2.43. The largest absolute Gasteiger partial charge is 0.446 e. The third-order valence-electron chi connectivity index (χ3n) is 1.66. The van der Waals surface area contributed by atoms with Gasteiger partial charge in [-0.15, -0.1) is 0 Å². The first-order chi connectivity index (χ1) is 8.06. The van der Waals surface area contributed by atoms with Crippen LogP contribution in [0.3, 0.4) is 0 Å². The summed E-state index contributed by atoms with van der Waals surface area (Å²) in [6.45, 7) is 0. The van der Waals surface area contributed by atoms with Crippen LogP contribution in [0.5, 0.6) is 0 Å². The molecule has 0 unspecified atom stereocenters. The molecule has 0 aliphatic carbocycles. The molecule has 0 heterocycles. The van der Waals surface area contributed by atoms with Crippen LogP contribution in [0.25, 0.3) is 0 Å². The number of hydrogen-bond acceptors (Lipinski definition) is 4. The van der Waals surface area contributed by atoms with E-state index in [0.29, 0.717) is 0 Å². The van der Waals surface area contributed by atoms with Gasteiger partial charge in [0.25, 0.3) is 9.05 Å². The minimum Gasteiger partial charge on any atom is -0.207 e. The quantitative estimate of drug-likeness (QED) is 0.577. The van der Waals surface area contributed by atoms with Gasteiger partial charge in [-0.05, 0) is 39.8 Å². The molecule has 1 aromatic rings. The Balaban J connectivity index is 3.57. The zero-order valence-electron chi connectivity index (χ0n) is 8.12. The van der Waals surface area contributed by atoms with Gasteiger partial charge in [0.1, 0.15) is 11.0 Å². The summed E-state index contributed by atoms with van der Waals surface area (Å²) >= 11 is 2.25. The Labute approximate surface area is 117 Å². The molecule has 1 rings (SSSR count). The van der Waals surface area contributed by atoms with Gasteiger partial charge in [-0.1, -0.05) is 0 Å². The molecule has 0 aromatic heterocycles. The van der Waals surface area contributed by atoms with Crippen LogP contribution >= 0.6 is 38.4 Å². The summed E-state index contributed by atoms with van der Waals surface area (Å²) in [5, 5.41) is 8.81. The molecule has 3 nitrogen and oxygen atoms in total. The first-order valence-electron chi connectivity index (χ1n) is 3.99. The van der Waals surface area contributed by atoms with Crippen molar-refractivity contribution in [1.82, 2.24) is 0 Å². The number of nitrogens with zero attached hydrogens (tertiary/aromatic N) is 1. The first-order valence-corrected chi connectivity index (χ1v) is 7.91. The zero-order valence-corrected chi connectivity index (χ0v) is 12.1. The van der Waals surface area contributed by atoms with Gasteiger partial charge >= 0.3 is 5.51 Å². The molecule has 0 fully saturated rings. The van der Waals surface area contributed by atoms with Crippen LogP contribution < -0.4 is 0 Å². The number of thioether (sulfide) groups is 1. The fourth-order valence-corrected chi connectivity index (χ4v) is 3.36. The van der Waals surface area contributed by atoms with Crippen molar-refractivity contribution in [2.45, 2.75) is 15.3 Å². The molecule has 1 aromatic carbocycles. The molecule has 18 heavy (non-hydrogen) atoms. The normalized spacial score (nSPS) is 12.2. The molecule has 0 atom stereocenters. The van der Waals surface area contributed by atoms with Crippen molar-refractivity contribution >= 4 is 47.4 Å². The molecule has 0 saturated heterocycles. The molecule has 0 radical (unpaired) electrons. The lowest BCUT2D eigenvalue weighted by molar-refractivity contribution is -0.0328. The smallest absolute Gasteiger partial charge is 0.207 e. The van der Waals surface area contributed by atoms with Gasteiger partial charge in [0, 0.05) is 20.1 Å². The van der Waals surface area contributed by atoms with Crippen molar-refractivity contribution in [3.63, 3.8) is 0 Å². The highest BCUT2D eigenvalue weighted by Gasteiger charge is 2.33. The van der Waals surface area contributed by atoms with Gasteiger partial charge < -0.3 is 0 Å². The highest BCUT2D eigenvalue weighted by molar-refractivity contribution is 9.10. The van der Waals surface area contributed by atoms with Gasteiger partial charge in [-0.2, -0.15) is 18.4 Å². The summed E-state index contributed by atoms with van der Waals surface area (Å²) in [6, 6.07) is 3.47. The average molecular weight is 381 g/mol. The van der Waals surface area contributed by atoms with Crippen LogP contribution in [-0.4, -0.2) is 13.9 Å². The molecule has 0 aliphatic rings. The molecule has 0 saturated carbocycles. The summed E-state index contributed by atoms with van der Waals surface area (Å²) in [7, 11) is 0.761. The maximum Gasteiger partial charge on any atom is 0.446 e. The van der Waals surface area contributed by atoms with E-state index in [1.165, 1.54) is 6.07 Å². The van der Waals surface area contributed by atoms with E-state index in [2.05, 4.69) is 15.9 Å². The van der Waals surface area contributed by atoms with E-state index >= 15 is 0 Å². The minimum atomic E-state index is -4.65. The van der Waals surface area contributed by atoms with Crippen molar-refractivity contribution in [2.75, 3.05) is 0 Å². The fourth-order valence-electron chi connectivity index (χ4n) is 1.06. The number of halogens is 5. The number of hydrogen-bond donors (Lipinski definition) is 0. The molecule has 98 valence electrons. The lowest BCUT2D eigenvalue weighted by atomic mass is 10.2. The summed E-state index contributed by atoms with van der Waals surface area (Å²) in [4.78, 5) is -1.19. The first kappa shape index (κ1) is 15.6. The monoisotopic (exact) mass is 379 g/mol. The molecular formula is C8H2BrClF3NO2S2. The SMILES string of the molecule is N#Cc1c(S(=O)(=O)Cl)ccc(Br)c1SC(F)(F)F. The Morgan fingerprint density at radius 3 is 2.33 bits per heavy atom. The Morgan fingerprint density at radius 1 is 1.39 bits per heavy atom. The summed E-state index contributed by atoms with van der Waals surface area (Å²) in [5.74, 6) is 0. The van der Waals surface area contributed by atoms with E-state index in [1.54, 1.807) is 0 Å². The fraction of sp³-hybridized carbons (Fsp3) is 0.125. The second-order valence-corrected chi connectivity index (χ2v) is 7.31. The van der Waals surface area contributed by atoms with E-state index in [1.807, 2.05) is 0 Å². The third-order valence-corrected chi connectivity index (χ3v) is 4.81. The lowest BCUT2D eigenvalue weighted by Gasteiger charge is -2.11. The van der Waals surface area contributed by atoms with Crippen molar-refractivity contribution in [2.24, 2.45) is 0 Å². The Bertz CT molecular complexity index is 624. The minimum absolute atomic E-state index is 0.0366. The molecule has 10 heteroatoms. The Morgan fingerprint density at radius 2 is 1.94 bits per heavy atom. The van der Waals surface area contributed by atoms with Crippen LogP contribution in [0.15, 0.2) is 26.4 Å². The molecule has 0 amide bonds. The number of alkyl halides is 3. The van der Waals surface area contributed by atoms with E-state index < -0.39 is 41.7 Å². The van der Waals surface area contributed by atoms with Gasteiger partial charge in [-0.3, -0.25) is 0 Å². The lowest BCUT2D eigenvalue weighted by Crippen LogP contribution is -2.04. The van der Waals surface area contributed by atoms with Crippen molar-refractivity contribution in [3.05, 3.63) is 22.2 Å². The van der Waals surface area contributed by atoms with Crippen molar-refractivity contribution in [3.8, 4) is 6.07 Å². The third kappa shape index (κ3) is 3.78. The predicted octanol–water partition coefficient (Wildman–Crippen LogP) is 3.86. The van der Waals surface area contributed by atoms with Crippen LogP contribution in [0.1, 0.15) is 5.56 Å². The Hall–Kier alpha value is -0.430. The van der Waals surface area contributed by atoms with Crippen LogP contribution in [-0.2, 0) is 9.05 Å². The number of nitriles is 1. The average Bonchev–Trinajstić information content (AvgIpc) is 2.17. The van der Waals surface area contributed by atoms with Crippen LogP contribution in [0, 0.1) is 11.3 Å². The molecular weight excluding hydrogens is 379 g/mol. The number of benzene rings is 1.